The highest BCUT2D eigenvalue weighted by Crippen LogP contribution is 2.44. The van der Waals surface area contributed by atoms with E-state index in [0.717, 1.165) is 66.3 Å². The average molecular weight is 702 g/mol. The van der Waals surface area contributed by atoms with Crippen LogP contribution in [-0.2, 0) is 0 Å². The van der Waals surface area contributed by atoms with Crippen molar-refractivity contribution in [3.05, 3.63) is 188 Å². The van der Waals surface area contributed by atoms with Crippen molar-refractivity contribution in [2.24, 2.45) is 0 Å². The lowest BCUT2D eigenvalue weighted by molar-refractivity contribution is 0.670. The van der Waals surface area contributed by atoms with Crippen molar-refractivity contribution < 1.29 is 4.42 Å². The second kappa shape index (κ2) is 12.6. The maximum atomic E-state index is 6.76. The minimum absolute atomic E-state index is 0.591. The van der Waals surface area contributed by atoms with Crippen LogP contribution in [0, 0.1) is 0 Å². The van der Waals surface area contributed by atoms with Gasteiger partial charge in [-0.05, 0) is 73.3 Å². The molecule has 0 bridgehead atoms. The Morgan fingerprint density at radius 3 is 1.67 bits per heavy atom. The summed E-state index contributed by atoms with van der Waals surface area (Å²) in [4.78, 5) is 15.5. The highest BCUT2D eigenvalue weighted by molar-refractivity contribution is 6.18. The molecule has 0 unspecified atom stereocenters. The van der Waals surface area contributed by atoms with Crippen LogP contribution in [0.5, 0.6) is 0 Å². The molecule has 55 heavy (non-hydrogen) atoms. The molecule has 0 saturated carbocycles. The molecule has 4 heteroatoms. The zero-order chi connectivity index (χ0) is 36.3. The molecule has 0 aliphatic carbocycles. The van der Waals surface area contributed by atoms with Crippen LogP contribution >= 0.6 is 0 Å². The van der Waals surface area contributed by atoms with E-state index in [0.29, 0.717) is 17.5 Å². The van der Waals surface area contributed by atoms with Gasteiger partial charge in [0.15, 0.2) is 17.5 Å². The number of benzene rings is 9. The maximum Gasteiger partial charge on any atom is 0.164 e. The van der Waals surface area contributed by atoms with Crippen molar-refractivity contribution in [1.29, 1.82) is 0 Å². The molecule has 11 rings (SSSR count). The van der Waals surface area contributed by atoms with E-state index in [2.05, 4.69) is 140 Å². The largest absolute Gasteiger partial charge is 0.455 e. The van der Waals surface area contributed by atoms with Crippen LogP contribution in [-0.4, -0.2) is 15.0 Å². The first-order valence-electron chi connectivity index (χ1n) is 18.5. The van der Waals surface area contributed by atoms with Gasteiger partial charge in [0.05, 0.1) is 0 Å². The molecule has 0 N–H and O–H groups in total. The number of hydrogen-bond acceptors (Lipinski definition) is 4. The van der Waals surface area contributed by atoms with Gasteiger partial charge in [0.25, 0.3) is 0 Å². The summed E-state index contributed by atoms with van der Waals surface area (Å²) in [6, 6.07) is 65.7. The third-order valence-corrected chi connectivity index (χ3v) is 10.7. The summed E-state index contributed by atoms with van der Waals surface area (Å²) in [5.74, 6) is 1.82. The third kappa shape index (κ3) is 5.19. The number of rotatable bonds is 5. The Morgan fingerprint density at radius 2 is 0.873 bits per heavy atom. The van der Waals surface area contributed by atoms with E-state index in [9.17, 15) is 0 Å². The van der Waals surface area contributed by atoms with Crippen molar-refractivity contribution >= 4 is 54.3 Å². The Kier molecular flexibility index (Phi) is 7.14. The van der Waals surface area contributed by atoms with Gasteiger partial charge in [0.2, 0.25) is 0 Å². The molecular formula is C51H31N3O. The monoisotopic (exact) mass is 701 g/mol. The minimum atomic E-state index is 0.591. The van der Waals surface area contributed by atoms with Gasteiger partial charge >= 0.3 is 0 Å². The minimum Gasteiger partial charge on any atom is -0.455 e. The second-order valence-corrected chi connectivity index (χ2v) is 13.9. The molecule has 0 saturated heterocycles. The number of fused-ring (bicyclic) bond motifs is 8. The van der Waals surface area contributed by atoms with Crippen molar-refractivity contribution in [1.82, 2.24) is 15.0 Å². The Bertz CT molecular complexity index is 3260. The van der Waals surface area contributed by atoms with Crippen LogP contribution in [0.15, 0.2) is 192 Å². The van der Waals surface area contributed by atoms with Gasteiger partial charge in [0, 0.05) is 33.0 Å². The van der Waals surface area contributed by atoms with Gasteiger partial charge in [-0.3, -0.25) is 0 Å². The maximum absolute atomic E-state index is 6.76. The van der Waals surface area contributed by atoms with Crippen molar-refractivity contribution in [3.63, 3.8) is 0 Å². The Balaban J connectivity index is 1.13. The van der Waals surface area contributed by atoms with Gasteiger partial charge in [0.1, 0.15) is 11.2 Å². The molecule has 2 aromatic heterocycles. The van der Waals surface area contributed by atoms with E-state index in [4.69, 9.17) is 19.4 Å². The van der Waals surface area contributed by atoms with E-state index in [1.807, 2.05) is 48.5 Å². The van der Waals surface area contributed by atoms with Crippen LogP contribution in [0.25, 0.3) is 111 Å². The number of nitrogens with zero attached hydrogens (tertiary/aromatic N) is 3. The van der Waals surface area contributed by atoms with Gasteiger partial charge in [-0.25, -0.2) is 15.0 Å². The predicted molar refractivity (Wildman–Crippen MR) is 227 cm³/mol. The lowest BCUT2D eigenvalue weighted by Gasteiger charge is -2.13. The topological polar surface area (TPSA) is 51.8 Å². The fourth-order valence-electron chi connectivity index (χ4n) is 8.12. The van der Waals surface area contributed by atoms with Crippen LogP contribution in [0.1, 0.15) is 0 Å². The summed E-state index contributed by atoms with van der Waals surface area (Å²) < 4.78 is 6.76. The fraction of sp³-hybridized carbons (Fsp3) is 0. The fourth-order valence-corrected chi connectivity index (χ4v) is 8.12. The normalized spacial score (nSPS) is 11.6. The number of aromatic nitrogens is 3. The average Bonchev–Trinajstić information content (AvgIpc) is 3.66. The van der Waals surface area contributed by atoms with Crippen LogP contribution in [0.3, 0.4) is 0 Å². The zero-order valence-electron chi connectivity index (χ0n) is 29.6. The smallest absolute Gasteiger partial charge is 0.164 e. The molecule has 0 spiro atoms. The quantitative estimate of drug-likeness (QED) is 0.168. The first kappa shape index (κ1) is 31.1. The van der Waals surface area contributed by atoms with Crippen molar-refractivity contribution in [3.8, 4) is 56.4 Å². The summed E-state index contributed by atoms with van der Waals surface area (Å²) in [6.45, 7) is 0. The summed E-state index contributed by atoms with van der Waals surface area (Å²) >= 11 is 0. The van der Waals surface area contributed by atoms with Crippen molar-refractivity contribution in [2.75, 3.05) is 0 Å². The van der Waals surface area contributed by atoms with Gasteiger partial charge in [-0.15, -0.1) is 0 Å². The molecule has 0 amide bonds. The molecule has 256 valence electrons. The molecule has 0 radical (unpaired) electrons. The van der Waals surface area contributed by atoms with Gasteiger partial charge in [-0.1, -0.05) is 164 Å². The first-order valence-corrected chi connectivity index (χ1v) is 18.5. The number of para-hydroxylation sites is 1. The molecule has 0 atom stereocenters. The van der Waals surface area contributed by atoms with Crippen molar-refractivity contribution in [2.45, 2.75) is 0 Å². The van der Waals surface area contributed by atoms with Crippen LogP contribution in [0.4, 0.5) is 0 Å². The summed E-state index contributed by atoms with van der Waals surface area (Å²) in [6.07, 6.45) is 0. The van der Waals surface area contributed by atoms with E-state index >= 15 is 0 Å². The highest BCUT2D eigenvalue weighted by atomic mass is 16.3. The number of furan rings is 1. The highest BCUT2D eigenvalue weighted by Gasteiger charge is 2.22. The molecule has 11 aromatic rings. The molecule has 0 aliphatic rings. The second-order valence-electron chi connectivity index (χ2n) is 13.9. The Morgan fingerprint density at radius 1 is 0.309 bits per heavy atom. The molecule has 0 fully saturated rings. The van der Waals surface area contributed by atoms with E-state index in [1.54, 1.807) is 0 Å². The molecule has 9 aromatic carbocycles. The lowest BCUT2D eigenvalue weighted by Crippen LogP contribution is -2.00. The van der Waals surface area contributed by atoms with Crippen LogP contribution in [0.2, 0.25) is 0 Å². The molecule has 0 aliphatic heterocycles. The van der Waals surface area contributed by atoms with E-state index < -0.39 is 0 Å². The van der Waals surface area contributed by atoms with E-state index in [-0.39, 0.29) is 0 Å². The van der Waals surface area contributed by atoms with E-state index in [1.165, 1.54) is 26.9 Å². The lowest BCUT2D eigenvalue weighted by atomic mass is 9.92. The first-order chi connectivity index (χ1) is 27.3. The zero-order valence-corrected chi connectivity index (χ0v) is 29.6. The van der Waals surface area contributed by atoms with Gasteiger partial charge in [-0.2, -0.15) is 0 Å². The third-order valence-electron chi connectivity index (χ3n) is 10.7. The summed E-state index contributed by atoms with van der Waals surface area (Å²) in [5.41, 5.74) is 8.76. The SMILES string of the molecule is c1ccc(-c2nc(-c3ccc4c(ccc5c6ccccc6ccc45)c3)nc(-c3ccc(-c4ccccc4-c4ccccc4)c4oc5ccccc5c34)n2)cc1. The molecular weight excluding hydrogens is 671 g/mol. The van der Waals surface area contributed by atoms with Gasteiger partial charge < -0.3 is 4.42 Å². The number of hydrogen-bond donors (Lipinski definition) is 0. The molecule has 4 nitrogen and oxygen atoms in total. The predicted octanol–water partition coefficient (Wildman–Crippen LogP) is 13.6. The summed E-state index contributed by atoms with van der Waals surface area (Å²) in [5, 5.41) is 9.30. The Labute approximate surface area is 317 Å². The standard InChI is InChI=1S/C51H31N3O/c1-3-13-32(14-4-1)37-19-9-10-20-40(37)43-29-30-45(47-44-21-11-12-22-46(44)55-48(43)47)51-53-49(34-16-5-2-6-17-34)52-50(54-51)36-25-26-39-35(31-36)24-28-41-38-18-8-7-15-33(38)23-27-42(39)41/h1-31H. The summed E-state index contributed by atoms with van der Waals surface area (Å²) in [7, 11) is 0. The molecule has 2 heterocycles. The Hall–Kier alpha value is -7.43. The van der Waals surface area contributed by atoms with Crippen LogP contribution < -0.4 is 0 Å².